The molecule has 31 heavy (non-hydrogen) atoms. The van der Waals surface area contributed by atoms with E-state index in [1.54, 1.807) is 23.1 Å². The fourth-order valence-electron chi connectivity index (χ4n) is 3.33. The normalized spacial score (nSPS) is 14.6. The molecule has 0 saturated carbocycles. The zero-order valence-corrected chi connectivity index (χ0v) is 17.3. The first-order valence-electron chi connectivity index (χ1n) is 9.74. The third-order valence-corrected chi connectivity index (χ3v) is 5.41. The average molecular weight is 447 g/mol. The molecule has 162 valence electrons. The Hall–Kier alpha value is -3.10. The number of halogens is 2. The van der Waals surface area contributed by atoms with Crippen LogP contribution >= 0.6 is 11.6 Å². The number of ether oxygens (including phenoxy) is 1. The van der Waals surface area contributed by atoms with Gasteiger partial charge in [-0.1, -0.05) is 17.7 Å². The number of hydrogen-bond acceptors (Lipinski definition) is 6. The molecule has 3 heterocycles. The van der Waals surface area contributed by atoms with Gasteiger partial charge in [0.2, 0.25) is 11.2 Å². The van der Waals surface area contributed by atoms with Crippen molar-refractivity contribution in [3.63, 3.8) is 0 Å². The van der Waals surface area contributed by atoms with Crippen LogP contribution in [0.3, 0.4) is 0 Å². The molecule has 0 unspecified atom stereocenters. The number of nitrogens with zero attached hydrogens (tertiary/aromatic N) is 2. The Morgan fingerprint density at radius 2 is 1.94 bits per heavy atom. The third-order valence-electron chi connectivity index (χ3n) is 5.06. The Balaban J connectivity index is 1.32. The van der Waals surface area contributed by atoms with Gasteiger partial charge in [0.15, 0.2) is 5.76 Å². The highest BCUT2D eigenvalue weighted by molar-refractivity contribution is 6.31. The van der Waals surface area contributed by atoms with Crippen molar-refractivity contribution < 1.29 is 22.8 Å². The van der Waals surface area contributed by atoms with Crippen molar-refractivity contribution in [2.45, 2.75) is 13.2 Å². The first-order valence-corrected chi connectivity index (χ1v) is 10.1. The second kappa shape index (κ2) is 9.36. The van der Waals surface area contributed by atoms with Crippen molar-refractivity contribution >= 4 is 17.5 Å². The van der Waals surface area contributed by atoms with Gasteiger partial charge < -0.3 is 18.5 Å². The van der Waals surface area contributed by atoms with Gasteiger partial charge >= 0.3 is 0 Å². The maximum atomic E-state index is 13.8. The van der Waals surface area contributed by atoms with Crippen molar-refractivity contribution in [3.8, 4) is 5.75 Å². The summed E-state index contributed by atoms with van der Waals surface area (Å²) in [5.41, 5.74) is -0.185. The maximum absolute atomic E-state index is 13.8. The Kier molecular flexibility index (Phi) is 6.39. The van der Waals surface area contributed by atoms with E-state index in [-0.39, 0.29) is 34.3 Å². The number of hydrogen-bond donors (Lipinski definition) is 0. The second-order valence-corrected chi connectivity index (χ2v) is 7.52. The molecule has 0 bridgehead atoms. The monoisotopic (exact) mass is 446 g/mol. The number of benzene rings is 1. The smallest absolute Gasteiger partial charge is 0.289 e. The molecule has 0 spiro atoms. The molecule has 1 fully saturated rings. The molecule has 0 N–H and O–H groups in total. The fourth-order valence-corrected chi connectivity index (χ4v) is 3.55. The predicted octanol–water partition coefficient (Wildman–Crippen LogP) is 3.56. The van der Waals surface area contributed by atoms with Crippen molar-refractivity contribution in [1.29, 1.82) is 0 Å². The van der Waals surface area contributed by atoms with Gasteiger partial charge in [0.05, 0.1) is 17.8 Å². The molecule has 1 aromatic carbocycles. The van der Waals surface area contributed by atoms with E-state index >= 15 is 0 Å². The fraction of sp³-hybridized carbons (Fsp3) is 0.273. The lowest BCUT2D eigenvalue weighted by molar-refractivity contribution is 0.0589. The molecule has 1 aliphatic rings. The van der Waals surface area contributed by atoms with Crippen LogP contribution in [0, 0.1) is 5.82 Å². The number of carbonyl (C=O) groups excluding carboxylic acids is 1. The van der Waals surface area contributed by atoms with Crippen molar-refractivity contribution in [1.82, 2.24) is 9.80 Å². The Morgan fingerprint density at radius 3 is 2.61 bits per heavy atom. The number of amides is 1. The van der Waals surface area contributed by atoms with E-state index in [1.807, 2.05) is 0 Å². The summed E-state index contributed by atoms with van der Waals surface area (Å²) in [7, 11) is 0. The lowest BCUT2D eigenvalue weighted by atomic mass is 10.2. The van der Waals surface area contributed by atoms with Crippen molar-refractivity contribution in [3.05, 3.63) is 87.1 Å². The zero-order valence-electron chi connectivity index (χ0n) is 16.6. The molecule has 1 aliphatic heterocycles. The molecule has 1 amide bonds. The van der Waals surface area contributed by atoms with Crippen LogP contribution in [0.1, 0.15) is 21.9 Å². The van der Waals surface area contributed by atoms with E-state index in [0.29, 0.717) is 44.2 Å². The van der Waals surface area contributed by atoms with E-state index in [1.165, 1.54) is 30.7 Å². The highest BCUT2D eigenvalue weighted by Crippen LogP contribution is 2.21. The number of furan rings is 1. The molecule has 0 atom stereocenters. The highest BCUT2D eigenvalue weighted by Gasteiger charge is 2.24. The third kappa shape index (κ3) is 4.98. The summed E-state index contributed by atoms with van der Waals surface area (Å²) in [6, 6.07) is 9.02. The van der Waals surface area contributed by atoms with Gasteiger partial charge in [-0.25, -0.2) is 4.39 Å². The van der Waals surface area contributed by atoms with Crippen LogP contribution in [0.25, 0.3) is 0 Å². The van der Waals surface area contributed by atoms with E-state index < -0.39 is 5.82 Å². The van der Waals surface area contributed by atoms with Gasteiger partial charge in [-0.3, -0.25) is 14.5 Å². The van der Waals surface area contributed by atoms with Gasteiger partial charge in [-0.15, -0.1) is 0 Å². The maximum Gasteiger partial charge on any atom is 0.289 e. The Morgan fingerprint density at radius 1 is 1.13 bits per heavy atom. The van der Waals surface area contributed by atoms with Crippen LogP contribution in [-0.2, 0) is 13.2 Å². The summed E-state index contributed by atoms with van der Waals surface area (Å²) in [6.45, 7) is 2.63. The predicted molar refractivity (Wildman–Crippen MR) is 111 cm³/mol. The van der Waals surface area contributed by atoms with Gasteiger partial charge in [0.25, 0.3) is 5.91 Å². The molecular weight excluding hydrogens is 427 g/mol. The standard InChI is InChI=1S/C22H20ClFN2O5/c23-17-3-1-4-18(24)16(17)13-31-21-14-30-15(11-19(21)27)12-25-6-8-26(9-7-25)22(28)20-5-2-10-29-20/h1-5,10-11,14H,6-9,12-13H2. The molecule has 3 aromatic rings. The van der Waals surface area contributed by atoms with E-state index in [4.69, 9.17) is 25.2 Å². The Bertz CT molecular complexity index is 1090. The van der Waals surface area contributed by atoms with Crippen molar-refractivity contribution in [2.75, 3.05) is 26.2 Å². The number of carbonyl (C=O) groups is 1. The summed E-state index contributed by atoms with van der Waals surface area (Å²) in [6.07, 6.45) is 2.70. The number of piperazine rings is 1. The van der Waals surface area contributed by atoms with Crippen LogP contribution in [0.5, 0.6) is 5.75 Å². The summed E-state index contributed by atoms with van der Waals surface area (Å²) in [5, 5.41) is 0.227. The van der Waals surface area contributed by atoms with Crippen molar-refractivity contribution in [2.24, 2.45) is 0 Å². The molecule has 9 heteroatoms. The average Bonchev–Trinajstić information content (AvgIpc) is 3.30. The van der Waals surface area contributed by atoms with E-state index in [0.717, 1.165) is 0 Å². The summed E-state index contributed by atoms with van der Waals surface area (Å²) < 4.78 is 29.9. The number of rotatable bonds is 6. The quantitative estimate of drug-likeness (QED) is 0.576. The van der Waals surface area contributed by atoms with Crippen LogP contribution in [0.2, 0.25) is 5.02 Å². The van der Waals surface area contributed by atoms with Gasteiger partial charge in [-0.2, -0.15) is 0 Å². The molecule has 0 radical (unpaired) electrons. The molecule has 0 aliphatic carbocycles. The van der Waals surface area contributed by atoms with Gasteiger partial charge in [0.1, 0.15) is 24.4 Å². The van der Waals surface area contributed by atoms with Crippen LogP contribution in [0.15, 0.2) is 62.6 Å². The van der Waals surface area contributed by atoms with Gasteiger partial charge in [0, 0.05) is 37.8 Å². The van der Waals surface area contributed by atoms with Crippen LogP contribution in [0.4, 0.5) is 4.39 Å². The SMILES string of the molecule is O=C(c1ccco1)N1CCN(Cc2cc(=O)c(OCc3c(F)cccc3Cl)co2)CC1. The zero-order chi connectivity index (χ0) is 21.8. The minimum atomic E-state index is -0.502. The topological polar surface area (TPSA) is 76.1 Å². The van der Waals surface area contributed by atoms with Gasteiger partial charge in [-0.05, 0) is 24.3 Å². The van der Waals surface area contributed by atoms with Crippen LogP contribution < -0.4 is 10.2 Å². The molecular formula is C22H20ClFN2O5. The highest BCUT2D eigenvalue weighted by atomic mass is 35.5. The summed E-state index contributed by atoms with van der Waals surface area (Å²) in [4.78, 5) is 28.5. The summed E-state index contributed by atoms with van der Waals surface area (Å²) >= 11 is 5.97. The first-order chi connectivity index (χ1) is 15.0. The largest absolute Gasteiger partial charge is 0.482 e. The second-order valence-electron chi connectivity index (χ2n) is 7.11. The minimum absolute atomic E-state index is 0.0167. The van der Waals surface area contributed by atoms with Crippen LogP contribution in [-0.4, -0.2) is 41.9 Å². The Labute approximate surface area is 182 Å². The molecule has 1 saturated heterocycles. The summed E-state index contributed by atoms with van der Waals surface area (Å²) in [5.74, 6) is 0.154. The molecule has 4 rings (SSSR count). The van der Waals surface area contributed by atoms with E-state index in [9.17, 15) is 14.0 Å². The molecule has 2 aromatic heterocycles. The van der Waals surface area contributed by atoms with E-state index in [2.05, 4.69) is 4.90 Å². The molecule has 7 nitrogen and oxygen atoms in total. The lowest BCUT2D eigenvalue weighted by Crippen LogP contribution is -2.48. The first kappa shape index (κ1) is 21.1. The minimum Gasteiger partial charge on any atom is -0.482 e. The lowest BCUT2D eigenvalue weighted by Gasteiger charge is -2.33.